The van der Waals surface area contributed by atoms with Crippen LogP contribution in [0.25, 0.3) is 10.9 Å². The zero-order valence-electron chi connectivity index (χ0n) is 14.4. The van der Waals surface area contributed by atoms with Gasteiger partial charge in [0, 0.05) is 48.5 Å². The van der Waals surface area contributed by atoms with Gasteiger partial charge in [-0.05, 0) is 42.3 Å². The van der Waals surface area contributed by atoms with Crippen molar-refractivity contribution in [2.75, 3.05) is 13.1 Å². The van der Waals surface area contributed by atoms with Gasteiger partial charge in [0.15, 0.2) is 0 Å². The second kappa shape index (κ2) is 6.92. The van der Waals surface area contributed by atoms with E-state index in [1.165, 1.54) is 23.2 Å². The van der Waals surface area contributed by atoms with Crippen LogP contribution < -0.4 is 5.43 Å². The molecule has 0 radical (unpaired) electrons. The molecular formula is C20H18FN3O3. The molecule has 1 fully saturated rings. The van der Waals surface area contributed by atoms with Crippen LogP contribution in [0.4, 0.5) is 4.39 Å². The SMILES string of the molecule is O=C(c1c[nH]c2ccc(F)cc2c1=O)N1C[C@@H](Cc2ccncc2)[C@@H](O)C1. The largest absolute Gasteiger partial charge is 0.391 e. The number of fused-ring (bicyclic) bond motifs is 1. The Morgan fingerprint density at radius 2 is 2.04 bits per heavy atom. The van der Waals surface area contributed by atoms with Gasteiger partial charge < -0.3 is 15.0 Å². The first-order chi connectivity index (χ1) is 13.0. The summed E-state index contributed by atoms with van der Waals surface area (Å²) in [4.78, 5) is 33.8. The molecule has 27 heavy (non-hydrogen) atoms. The van der Waals surface area contributed by atoms with Gasteiger partial charge in [0.25, 0.3) is 5.91 Å². The average Bonchev–Trinajstić information content (AvgIpc) is 3.03. The predicted octanol–water partition coefficient (Wildman–Crippen LogP) is 1.74. The van der Waals surface area contributed by atoms with E-state index < -0.39 is 23.3 Å². The number of likely N-dealkylation sites (tertiary alicyclic amines) is 1. The Bertz CT molecular complexity index is 1050. The van der Waals surface area contributed by atoms with Gasteiger partial charge in [-0.3, -0.25) is 14.6 Å². The Kier molecular flexibility index (Phi) is 4.45. The number of pyridine rings is 2. The van der Waals surface area contributed by atoms with Crippen molar-refractivity contribution in [1.82, 2.24) is 14.9 Å². The lowest BCUT2D eigenvalue weighted by atomic mass is 9.97. The van der Waals surface area contributed by atoms with Crippen molar-refractivity contribution < 1.29 is 14.3 Å². The topological polar surface area (TPSA) is 86.3 Å². The summed E-state index contributed by atoms with van der Waals surface area (Å²) in [5, 5.41) is 10.5. The first kappa shape index (κ1) is 17.4. The van der Waals surface area contributed by atoms with Crippen molar-refractivity contribution in [3.8, 4) is 0 Å². The van der Waals surface area contributed by atoms with Crippen LogP contribution in [0.5, 0.6) is 0 Å². The zero-order chi connectivity index (χ0) is 19.0. The predicted molar refractivity (Wildman–Crippen MR) is 97.9 cm³/mol. The molecule has 1 aliphatic heterocycles. The van der Waals surface area contributed by atoms with Gasteiger partial charge in [-0.25, -0.2) is 4.39 Å². The van der Waals surface area contributed by atoms with Gasteiger partial charge in [0.1, 0.15) is 11.4 Å². The molecular weight excluding hydrogens is 349 g/mol. The highest BCUT2D eigenvalue weighted by molar-refractivity contribution is 5.97. The summed E-state index contributed by atoms with van der Waals surface area (Å²) >= 11 is 0. The number of benzene rings is 1. The fraction of sp³-hybridized carbons (Fsp3) is 0.250. The number of aromatic amines is 1. The first-order valence-corrected chi connectivity index (χ1v) is 8.70. The van der Waals surface area contributed by atoms with Crippen molar-refractivity contribution in [1.29, 1.82) is 0 Å². The average molecular weight is 367 g/mol. The number of H-pyrrole nitrogens is 1. The molecule has 0 spiro atoms. The molecule has 0 saturated carbocycles. The molecule has 2 atom stereocenters. The monoisotopic (exact) mass is 367 g/mol. The molecule has 6 nitrogen and oxygen atoms in total. The number of hydrogen-bond acceptors (Lipinski definition) is 4. The highest BCUT2D eigenvalue weighted by Crippen LogP contribution is 2.23. The van der Waals surface area contributed by atoms with Crippen LogP contribution in [-0.4, -0.2) is 45.1 Å². The van der Waals surface area contributed by atoms with E-state index in [4.69, 9.17) is 0 Å². The minimum Gasteiger partial charge on any atom is -0.391 e. The fourth-order valence-electron chi connectivity index (χ4n) is 3.56. The number of aliphatic hydroxyl groups is 1. The van der Waals surface area contributed by atoms with E-state index in [1.54, 1.807) is 12.4 Å². The Balaban J connectivity index is 1.57. The van der Waals surface area contributed by atoms with Crippen LogP contribution in [0.2, 0.25) is 0 Å². The summed E-state index contributed by atoms with van der Waals surface area (Å²) in [6.07, 6.45) is 4.68. The van der Waals surface area contributed by atoms with E-state index in [1.807, 2.05) is 12.1 Å². The van der Waals surface area contributed by atoms with Crippen molar-refractivity contribution in [2.45, 2.75) is 12.5 Å². The molecule has 2 N–H and O–H groups in total. The lowest BCUT2D eigenvalue weighted by Crippen LogP contribution is -2.33. The third kappa shape index (κ3) is 3.33. The van der Waals surface area contributed by atoms with E-state index in [0.29, 0.717) is 18.5 Å². The Morgan fingerprint density at radius 3 is 2.81 bits per heavy atom. The summed E-state index contributed by atoms with van der Waals surface area (Å²) in [6, 6.07) is 7.58. The lowest BCUT2D eigenvalue weighted by Gasteiger charge is -2.16. The molecule has 2 aromatic heterocycles. The number of carbonyl (C=O) groups excluding carboxylic acids is 1. The van der Waals surface area contributed by atoms with Crippen molar-refractivity contribution in [2.24, 2.45) is 5.92 Å². The number of β-amino-alcohol motifs (C(OH)–C–C–N with tert-alkyl or cyclic N) is 1. The van der Waals surface area contributed by atoms with Gasteiger partial charge >= 0.3 is 0 Å². The van der Waals surface area contributed by atoms with Gasteiger partial charge in [0.05, 0.1) is 6.10 Å². The molecule has 4 rings (SSSR count). The van der Waals surface area contributed by atoms with Crippen LogP contribution in [0.1, 0.15) is 15.9 Å². The number of nitrogens with one attached hydrogen (secondary N) is 1. The number of hydrogen-bond donors (Lipinski definition) is 2. The lowest BCUT2D eigenvalue weighted by molar-refractivity contribution is 0.0763. The quantitative estimate of drug-likeness (QED) is 0.738. The normalized spacial score (nSPS) is 19.6. The summed E-state index contributed by atoms with van der Waals surface area (Å²) in [5.74, 6) is -1.11. The summed E-state index contributed by atoms with van der Waals surface area (Å²) in [7, 11) is 0. The number of nitrogens with zero attached hydrogens (tertiary/aromatic N) is 2. The molecule has 0 unspecified atom stereocenters. The van der Waals surface area contributed by atoms with Gasteiger partial charge in [-0.15, -0.1) is 0 Å². The molecule has 1 aliphatic rings. The minimum absolute atomic E-state index is 0.0511. The Labute approximate surface area is 154 Å². The maximum absolute atomic E-state index is 13.5. The standard InChI is InChI=1S/C20H18FN3O3/c21-14-1-2-17-15(8-14)19(26)16(9-23-17)20(27)24-10-13(18(25)11-24)7-12-3-5-22-6-4-12/h1-6,8-9,13,18,25H,7,10-11H2,(H,23,26)/t13-,18+/m1/s1. The second-order valence-corrected chi connectivity index (χ2v) is 6.82. The minimum atomic E-state index is -0.668. The molecule has 1 aromatic carbocycles. The van der Waals surface area contributed by atoms with Crippen LogP contribution in [0.3, 0.4) is 0 Å². The maximum Gasteiger partial charge on any atom is 0.259 e. The van der Waals surface area contributed by atoms with Crippen LogP contribution in [-0.2, 0) is 6.42 Å². The van der Waals surface area contributed by atoms with Crippen LogP contribution in [0.15, 0.2) is 53.7 Å². The maximum atomic E-state index is 13.5. The molecule has 3 heterocycles. The highest BCUT2D eigenvalue weighted by Gasteiger charge is 2.35. The van der Waals surface area contributed by atoms with Crippen LogP contribution in [0, 0.1) is 11.7 Å². The van der Waals surface area contributed by atoms with Crippen molar-refractivity contribution in [3.05, 3.63) is 76.1 Å². The molecule has 0 aliphatic carbocycles. The summed E-state index contributed by atoms with van der Waals surface area (Å²) in [6.45, 7) is 0.512. The molecule has 1 saturated heterocycles. The second-order valence-electron chi connectivity index (χ2n) is 6.82. The van der Waals surface area contributed by atoms with E-state index >= 15 is 0 Å². The van der Waals surface area contributed by atoms with E-state index in [0.717, 1.165) is 11.6 Å². The number of halogens is 1. The number of rotatable bonds is 3. The Morgan fingerprint density at radius 1 is 1.26 bits per heavy atom. The fourth-order valence-corrected chi connectivity index (χ4v) is 3.56. The third-order valence-corrected chi connectivity index (χ3v) is 5.01. The summed E-state index contributed by atoms with van der Waals surface area (Å²) in [5.41, 5.74) is 0.933. The highest BCUT2D eigenvalue weighted by atomic mass is 19.1. The van der Waals surface area contributed by atoms with Gasteiger partial charge in [-0.1, -0.05) is 0 Å². The number of aromatic nitrogens is 2. The zero-order valence-corrected chi connectivity index (χ0v) is 14.4. The molecule has 3 aromatic rings. The van der Waals surface area contributed by atoms with Crippen LogP contribution >= 0.6 is 0 Å². The van der Waals surface area contributed by atoms with E-state index in [-0.39, 0.29) is 23.4 Å². The molecule has 138 valence electrons. The smallest absolute Gasteiger partial charge is 0.259 e. The summed E-state index contributed by atoms with van der Waals surface area (Å²) < 4.78 is 13.5. The van der Waals surface area contributed by atoms with Gasteiger partial charge in [0.2, 0.25) is 5.43 Å². The first-order valence-electron chi connectivity index (χ1n) is 8.70. The molecule has 7 heteroatoms. The number of amides is 1. The van der Waals surface area contributed by atoms with E-state index in [2.05, 4.69) is 9.97 Å². The van der Waals surface area contributed by atoms with Gasteiger partial charge in [-0.2, -0.15) is 0 Å². The number of carbonyl (C=O) groups is 1. The third-order valence-electron chi connectivity index (χ3n) is 5.01. The van der Waals surface area contributed by atoms with Crippen molar-refractivity contribution >= 4 is 16.8 Å². The molecule has 0 bridgehead atoms. The molecule has 1 amide bonds. The number of aliphatic hydroxyl groups excluding tert-OH is 1. The van der Waals surface area contributed by atoms with Crippen molar-refractivity contribution in [3.63, 3.8) is 0 Å². The Hall–Kier alpha value is -3.06. The van der Waals surface area contributed by atoms with E-state index in [9.17, 15) is 19.1 Å².